The highest BCUT2D eigenvalue weighted by Crippen LogP contribution is 2.19. The molecular formula is C15H9BrN2O2. The molecule has 0 saturated heterocycles. The highest BCUT2D eigenvalue weighted by molar-refractivity contribution is 9.10. The van der Waals surface area contributed by atoms with Gasteiger partial charge < -0.3 is 8.98 Å². The molecule has 0 saturated carbocycles. The molecule has 4 nitrogen and oxygen atoms in total. The topological polar surface area (TPSA) is 58.9 Å². The first kappa shape index (κ1) is 12.7. The SMILES string of the molecule is N#Cc1ccc(Cn2ccc3occc3c2=O)c(Br)c1. The Labute approximate surface area is 123 Å². The van der Waals surface area contributed by atoms with Crippen molar-refractivity contribution in [1.82, 2.24) is 4.57 Å². The molecule has 5 heteroatoms. The number of halogens is 1. The second-order valence-corrected chi connectivity index (χ2v) is 5.22. The Kier molecular flexibility index (Phi) is 3.17. The van der Waals surface area contributed by atoms with E-state index in [-0.39, 0.29) is 5.56 Å². The lowest BCUT2D eigenvalue weighted by Crippen LogP contribution is -2.19. The van der Waals surface area contributed by atoms with Crippen LogP contribution in [-0.4, -0.2) is 4.57 Å². The molecule has 3 aromatic rings. The fraction of sp³-hybridized carbons (Fsp3) is 0.0667. The quantitative estimate of drug-likeness (QED) is 0.725. The van der Waals surface area contributed by atoms with Gasteiger partial charge in [-0.15, -0.1) is 0 Å². The Bertz CT molecular complexity index is 887. The second-order valence-electron chi connectivity index (χ2n) is 4.37. The van der Waals surface area contributed by atoms with Crippen LogP contribution in [0.5, 0.6) is 0 Å². The Morgan fingerprint density at radius 2 is 2.15 bits per heavy atom. The van der Waals surface area contributed by atoms with E-state index in [9.17, 15) is 4.79 Å². The van der Waals surface area contributed by atoms with Crippen molar-refractivity contribution in [2.24, 2.45) is 0 Å². The van der Waals surface area contributed by atoms with Crippen molar-refractivity contribution in [2.75, 3.05) is 0 Å². The third kappa shape index (κ3) is 2.15. The van der Waals surface area contributed by atoms with Crippen molar-refractivity contribution in [3.05, 3.63) is 68.7 Å². The minimum absolute atomic E-state index is 0.0903. The van der Waals surface area contributed by atoms with Gasteiger partial charge in [-0.3, -0.25) is 4.79 Å². The maximum atomic E-state index is 12.3. The third-order valence-electron chi connectivity index (χ3n) is 3.12. The molecule has 0 atom stereocenters. The molecule has 0 aliphatic rings. The van der Waals surface area contributed by atoms with Crippen molar-refractivity contribution in [1.29, 1.82) is 5.26 Å². The van der Waals surface area contributed by atoms with Gasteiger partial charge in [-0.25, -0.2) is 0 Å². The number of rotatable bonds is 2. The minimum Gasteiger partial charge on any atom is -0.464 e. The van der Waals surface area contributed by atoms with Crippen LogP contribution >= 0.6 is 15.9 Å². The zero-order valence-corrected chi connectivity index (χ0v) is 11.9. The van der Waals surface area contributed by atoms with Crippen molar-refractivity contribution in [3.63, 3.8) is 0 Å². The van der Waals surface area contributed by atoms with Gasteiger partial charge >= 0.3 is 0 Å². The largest absolute Gasteiger partial charge is 0.464 e. The summed E-state index contributed by atoms with van der Waals surface area (Å²) in [6.45, 7) is 0.437. The first-order chi connectivity index (χ1) is 9.69. The van der Waals surface area contributed by atoms with Crippen LogP contribution in [0.2, 0.25) is 0 Å². The number of furan rings is 1. The monoisotopic (exact) mass is 328 g/mol. The summed E-state index contributed by atoms with van der Waals surface area (Å²) in [5.74, 6) is 0. The highest BCUT2D eigenvalue weighted by atomic mass is 79.9. The smallest absolute Gasteiger partial charge is 0.262 e. The molecular weight excluding hydrogens is 320 g/mol. The van der Waals surface area contributed by atoms with Gasteiger partial charge in [-0.1, -0.05) is 22.0 Å². The molecule has 0 aliphatic heterocycles. The molecule has 0 N–H and O–H groups in total. The molecule has 0 radical (unpaired) electrons. The maximum absolute atomic E-state index is 12.3. The van der Waals surface area contributed by atoms with Crippen LogP contribution in [-0.2, 0) is 6.54 Å². The summed E-state index contributed by atoms with van der Waals surface area (Å²) in [7, 11) is 0. The average Bonchev–Trinajstić information content (AvgIpc) is 2.93. The minimum atomic E-state index is -0.0903. The van der Waals surface area contributed by atoms with Crippen molar-refractivity contribution in [2.45, 2.75) is 6.54 Å². The van der Waals surface area contributed by atoms with E-state index >= 15 is 0 Å². The van der Waals surface area contributed by atoms with E-state index in [1.807, 2.05) is 6.07 Å². The van der Waals surface area contributed by atoms with E-state index in [0.717, 1.165) is 10.0 Å². The average molecular weight is 329 g/mol. The molecule has 2 heterocycles. The van der Waals surface area contributed by atoms with E-state index in [1.54, 1.807) is 35.0 Å². The molecule has 0 spiro atoms. The number of aromatic nitrogens is 1. The first-order valence-corrected chi connectivity index (χ1v) is 6.73. The summed E-state index contributed by atoms with van der Waals surface area (Å²) in [6.07, 6.45) is 3.22. The fourth-order valence-corrected chi connectivity index (χ4v) is 2.56. The maximum Gasteiger partial charge on any atom is 0.262 e. The van der Waals surface area contributed by atoms with Gasteiger partial charge in [0.15, 0.2) is 0 Å². The normalized spacial score (nSPS) is 10.6. The van der Waals surface area contributed by atoms with Crippen LogP contribution in [0.25, 0.3) is 11.0 Å². The lowest BCUT2D eigenvalue weighted by molar-refractivity contribution is 0.613. The third-order valence-corrected chi connectivity index (χ3v) is 3.85. The molecule has 0 bridgehead atoms. The highest BCUT2D eigenvalue weighted by Gasteiger charge is 2.07. The zero-order valence-electron chi connectivity index (χ0n) is 10.3. The molecule has 0 fully saturated rings. The summed E-state index contributed by atoms with van der Waals surface area (Å²) in [5.41, 5.74) is 2.02. The van der Waals surface area contributed by atoms with E-state index < -0.39 is 0 Å². The number of benzene rings is 1. The molecule has 2 aromatic heterocycles. The molecule has 0 amide bonds. The van der Waals surface area contributed by atoms with Gasteiger partial charge in [-0.2, -0.15) is 5.26 Å². The van der Waals surface area contributed by atoms with Crippen LogP contribution in [0.4, 0.5) is 0 Å². The fourth-order valence-electron chi connectivity index (χ4n) is 2.06. The number of nitrogens with zero attached hydrogens (tertiary/aromatic N) is 2. The number of hydrogen-bond donors (Lipinski definition) is 0. The van der Waals surface area contributed by atoms with Crippen molar-refractivity contribution in [3.8, 4) is 6.07 Å². The number of pyridine rings is 1. The Hall–Kier alpha value is -2.32. The summed E-state index contributed by atoms with van der Waals surface area (Å²) in [4.78, 5) is 12.3. The van der Waals surface area contributed by atoms with E-state index in [0.29, 0.717) is 23.1 Å². The number of fused-ring (bicyclic) bond motifs is 1. The Morgan fingerprint density at radius 3 is 2.90 bits per heavy atom. The van der Waals surface area contributed by atoms with Crippen molar-refractivity contribution >= 4 is 26.9 Å². The van der Waals surface area contributed by atoms with Crippen LogP contribution in [0.3, 0.4) is 0 Å². The standard InChI is InChI=1S/C15H9BrN2O2/c16-13-7-10(8-17)1-2-11(13)9-18-5-3-14-12(15(18)19)4-6-20-14/h1-7H,9H2. The second kappa shape index (κ2) is 4.99. The van der Waals surface area contributed by atoms with Crippen LogP contribution in [0.1, 0.15) is 11.1 Å². The van der Waals surface area contributed by atoms with Gasteiger partial charge in [0.05, 0.1) is 29.8 Å². The molecule has 0 unspecified atom stereocenters. The van der Waals surface area contributed by atoms with Crippen LogP contribution < -0.4 is 5.56 Å². The molecule has 20 heavy (non-hydrogen) atoms. The summed E-state index contributed by atoms with van der Waals surface area (Å²) in [6, 6.07) is 10.8. The van der Waals surface area contributed by atoms with E-state index in [2.05, 4.69) is 22.0 Å². The van der Waals surface area contributed by atoms with E-state index in [4.69, 9.17) is 9.68 Å². The molecule has 3 rings (SSSR count). The summed E-state index contributed by atoms with van der Waals surface area (Å²) in [5, 5.41) is 9.41. The van der Waals surface area contributed by atoms with E-state index in [1.165, 1.54) is 6.26 Å². The zero-order chi connectivity index (χ0) is 14.1. The Balaban J connectivity index is 2.03. The van der Waals surface area contributed by atoms with Gasteiger partial charge in [0.25, 0.3) is 5.56 Å². The molecule has 1 aromatic carbocycles. The number of hydrogen-bond acceptors (Lipinski definition) is 3. The summed E-state index contributed by atoms with van der Waals surface area (Å²) < 4.78 is 7.63. The van der Waals surface area contributed by atoms with Gasteiger partial charge in [0.2, 0.25) is 0 Å². The molecule has 0 aliphatic carbocycles. The van der Waals surface area contributed by atoms with Crippen molar-refractivity contribution < 1.29 is 4.42 Å². The van der Waals surface area contributed by atoms with Crippen LogP contribution in [0, 0.1) is 11.3 Å². The lowest BCUT2D eigenvalue weighted by atomic mass is 10.1. The van der Waals surface area contributed by atoms with Gasteiger partial charge in [0, 0.05) is 10.7 Å². The van der Waals surface area contributed by atoms with Gasteiger partial charge in [-0.05, 0) is 29.8 Å². The summed E-state index contributed by atoms with van der Waals surface area (Å²) >= 11 is 3.43. The predicted octanol–water partition coefficient (Wildman–Crippen LogP) is 3.28. The lowest BCUT2D eigenvalue weighted by Gasteiger charge is -2.08. The first-order valence-electron chi connectivity index (χ1n) is 5.94. The predicted molar refractivity (Wildman–Crippen MR) is 78.4 cm³/mol. The van der Waals surface area contributed by atoms with Crippen LogP contribution in [0.15, 0.2) is 56.5 Å². The van der Waals surface area contributed by atoms with Gasteiger partial charge in [0.1, 0.15) is 5.58 Å². The Morgan fingerprint density at radius 1 is 1.30 bits per heavy atom. The number of nitriles is 1. The molecule has 98 valence electrons.